The summed E-state index contributed by atoms with van der Waals surface area (Å²) in [5.41, 5.74) is 2.24. The summed E-state index contributed by atoms with van der Waals surface area (Å²) in [6.07, 6.45) is 1.36. The summed E-state index contributed by atoms with van der Waals surface area (Å²) >= 11 is 0. The third-order valence-electron chi connectivity index (χ3n) is 2.03. The van der Waals surface area contributed by atoms with Crippen LogP contribution >= 0.6 is 0 Å². The van der Waals surface area contributed by atoms with Crippen LogP contribution in [-0.4, -0.2) is 19.4 Å². The number of H-pyrrole nitrogens is 1. The van der Waals surface area contributed by atoms with Gasteiger partial charge in [-0.2, -0.15) is 5.10 Å². The number of hydrogen-bond acceptors (Lipinski definition) is 3. The number of rotatable bonds is 3. The average Bonchev–Trinajstić information content (AvgIpc) is 2.74. The zero-order valence-corrected chi connectivity index (χ0v) is 9.12. The molecule has 0 aliphatic rings. The van der Waals surface area contributed by atoms with E-state index in [9.17, 15) is 4.21 Å². The minimum Gasteiger partial charge on any atom is -0.252 e. The molecule has 78 valence electrons. The van der Waals surface area contributed by atoms with Gasteiger partial charge in [0.2, 0.25) is 5.16 Å². The molecule has 15 heavy (non-hydrogen) atoms. The summed E-state index contributed by atoms with van der Waals surface area (Å²) in [6.45, 7) is 2.02. The van der Waals surface area contributed by atoms with Gasteiger partial charge in [0.25, 0.3) is 0 Å². The second-order valence-corrected chi connectivity index (χ2v) is 4.63. The summed E-state index contributed by atoms with van der Waals surface area (Å²) in [4.78, 5) is 3.86. The van der Waals surface area contributed by atoms with Crippen molar-refractivity contribution in [2.45, 2.75) is 17.8 Å². The molecule has 1 N–H and O–H groups in total. The fourth-order valence-electron chi connectivity index (χ4n) is 1.21. The molecule has 0 radical (unpaired) electrons. The highest BCUT2D eigenvalue weighted by atomic mass is 32.2. The molecule has 2 aromatic rings. The smallest absolute Gasteiger partial charge is 0.214 e. The van der Waals surface area contributed by atoms with E-state index in [-0.39, 0.29) is 0 Å². The van der Waals surface area contributed by atoms with E-state index in [1.807, 2.05) is 31.2 Å². The fraction of sp³-hybridized carbons (Fsp3) is 0.200. The average molecular weight is 221 g/mol. The molecular formula is C10H11N3OS. The van der Waals surface area contributed by atoms with Crippen LogP contribution in [0.5, 0.6) is 0 Å². The molecule has 0 saturated carbocycles. The highest BCUT2D eigenvalue weighted by Gasteiger charge is 2.07. The van der Waals surface area contributed by atoms with Crippen molar-refractivity contribution in [3.05, 3.63) is 41.7 Å². The molecule has 0 bridgehead atoms. The number of aromatic nitrogens is 3. The Labute approximate surface area is 90.2 Å². The maximum absolute atomic E-state index is 11.7. The largest absolute Gasteiger partial charge is 0.252 e. The Morgan fingerprint density at radius 1 is 1.33 bits per heavy atom. The van der Waals surface area contributed by atoms with E-state index in [1.54, 1.807) is 0 Å². The Hall–Kier alpha value is -1.49. The Balaban J connectivity index is 2.09. The van der Waals surface area contributed by atoms with Crippen molar-refractivity contribution in [1.29, 1.82) is 0 Å². The van der Waals surface area contributed by atoms with Crippen LogP contribution in [0.25, 0.3) is 0 Å². The number of hydrogen-bond donors (Lipinski definition) is 1. The summed E-state index contributed by atoms with van der Waals surface area (Å²) < 4.78 is 11.7. The number of aryl methyl sites for hydroxylation is 1. The summed E-state index contributed by atoms with van der Waals surface area (Å²) in [6, 6.07) is 7.97. The van der Waals surface area contributed by atoms with Crippen LogP contribution in [0.4, 0.5) is 0 Å². The molecule has 0 spiro atoms. The second kappa shape index (κ2) is 4.35. The first-order valence-electron chi connectivity index (χ1n) is 4.55. The van der Waals surface area contributed by atoms with Crippen LogP contribution in [0.3, 0.4) is 0 Å². The number of benzene rings is 1. The van der Waals surface area contributed by atoms with Gasteiger partial charge >= 0.3 is 0 Å². The second-order valence-electron chi connectivity index (χ2n) is 3.27. The van der Waals surface area contributed by atoms with Crippen LogP contribution in [0, 0.1) is 6.92 Å². The molecule has 5 heteroatoms. The van der Waals surface area contributed by atoms with E-state index in [4.69, 9.17) is 0 Å². The van der Waals surface area contributed by atoms with Crippen LogP contribution < -0.4 is 0 Å². The Morgan fingerprint density at radius 2 is 2.07 bits per heavy atom. The lowest BCUT2D eigenvalue weighted by molar-refractivity contribution is 0.676. The van der Waals surface area contributed by atoms with Crippen molar-refractivity contribution < 1.29 is 4.21 Å². The molecular weight excluding hydrogens is 210 g/mol. The van der Waals surface area contributed by atoms with E-state index in [0.717, 1.165) is 5.56 Å². The van der Waals surface area contributed by atoms with Crippen molar-refractivity contribution in [2.24, 2.45) is 0 Å². The third kappa shape index (κ3) is 2.50. The molecule has 4 nitrogen and oxygen atoms in total. The lowest BCUT2D eigenvalue weighted by Crippen LogP contribution is -1.98. The Kier molecular flexibility index (Phi) is 2.91. The number of nitrogens with zero attached hydrogens (tertiary/aromatic N) is 2. The van der Waals surface area contributed by atoms with Gasteiger partial charge in [0.15, 0.2) is 0 Å². The van der Waals surface area contributed by atoms with Crippen molar-refractivity contribution in [2.75, 3.05) is 0 Å². The third-order valence-corrected chi connectivity index (χ3v) is 3.25. The van der Waals surface area contributed by atoms with Gasteiger partial charge in [0.05, 0.1) is 16.6 Å². The highest BCUT2D eigenvalue weighted by molar-refractivity contribution is 7.84. The Morgan fingerprint density at radius 3 is 2.67 bits per heavy atom. The zero-order valence-electron chi connectivity index (χ0n) is 8.30. The van der Waals surface area contributed by atoms with E-state index in [1.165, 1.54) is 11.9 Å². The van der Waals surface area contributed by atoms with Crippen LogP contribution in [0.2, 0.25) is 0 Å². The minimum atomic E-state index is -1.14. The van der Waals surface area contributed by atoms with E-state index >= 15 is 0 Å². The summed E-state index contributed by atoms with van der Waals surface area (Å²) in [7, 11) is -1.14. The highest BCUT2D eigenvalue weighted by Crippen LogP contribution is 2.08. The topological polar surface area (TPSA) is 58.6 Å². The molecule has 0 aliphatic carbocycles. The number of nitrogens with one attached hydrogen (secondary N) is 1. The fourth-order valence-corrected chi connectivity index (χ4v) is 2.16. The molecule has 1 aromatic carbocycles. The van der Waals surface area contributed by atoms with Crippen molar-refractivity contribution in [1.82, 2.24) is 15.2 Å². The molecule has 1 heterocycles. The SMILES string of the molecule is Cc1ccc(C[S@](=O)c2ncn[nH]2)cc1. The predicted octanol–water partition coefficient (Wildman–Crippen LogP) is 1.42. The number of aromatic amines is 1. The van der Waals surface area contributed by atoms with Gasteiger partial charge in [-0.25, -0.2) is 4.98 Å². The van der Waals surface area contributed by atoms with E-state index < -0.39 is 10.8 Å². The van der Waals surface area contributed by atoms with Crippen molar-refractivity contribution >= 4 is 10.8 Å². The first kappa shape index (κ1) is 10.0. The van der Waals surface area contributed by atoms with Crippen LogP contribution in [0.15, 0.2) is 35.7 Å². The van der Waals surface area contributed by atoms with E-state index in [2.05, 4.69) is 15.2 Å². The lowest BCUT2D eigenvalue weighted by atomic mass is 10.2. The molecule has 2 rings (SSSR count). The van der Waals surface area contributed by atoms with Gasteiger partial charge in [0, 0.05) is 0 Å². The van der Waals surface area contributed by atoms with Crippen molar-refractivity contribution in [3.63, 3.8) is 0 Å². The van der Waals surface area contributed by atoms with E-state index in [0.29, 0.717) is 10.9 Å². The van der Waals surface area contributed by atoms with Gasteiger partial charge in [-0.3, -0.25) is 9.31 Å². The summed E-state index contributed by atoms with van der Waals surface area (Å²) in [5, 5.41) is 6.70. The Bertz CT molecular complexity index is 450. The molecule has 1 atom stereocenters. The molecule has 0 unspecified atom stereocenters. The first-order valence-corrected chi connectivity index (χ1v) is 5.87. The van der Waals surface area contributed by atoms with Gasteiger partial charge in [-0.1, -0.05) is 29.8 Å². The first-order chi connectivity index (χ1) is 7.25. The van der Waals surface area contributed by atoms with Crippen LogP contribution in [-0.2, 0) is 16.6 Å². The predicted molar refractivity (Wildman–Crippen MR) is 57.7 cm³/mol. The van der Waals surface area contributed by atoms with Crippen molar-refractivity contribution in [3.8, 4) is 0 Å². The maximum atomic E-state index is 11.7. The van der Waals surface area contributed by atoms with Crippen LogP contribution in [0.1, 0.15) is 11.1 Å². The normalized spacial score (nSPS) is 12.6. The molecule has 0 amide bonds. The minimum absolute atomic E-state index is 0.426. The standard InChI is InChI=1S/C10H11N3OS/c1-8-2-4-9(5-3-8)6-15(14)10-11-7-12-13-10/h2-5,7H,6H2,1H3,(H,11,12,13)/t15-/m0/s1. The van der Waals surface area contributed by atoms with Gasteiger partial charge in [-0.05, 0) is 12.5 Å². The lowest BCUT2D eigenvalue weighted by Gasteiger charge is -1.99. The monoisotopic (exact) mass is 221 g/mol. The molecule has 0 saturated heterocycles. The van der Waals surface area contributed by atoms with Gasteiger partial charge < -0.3 is 0 Å². The molecule has 0 fully saturated rings. The molecule has 0 aliphatic heterocycles. The zero-order chi connectivity index (χ0) is 10.7. The quantitative estimate of drug-likeness (QED) is 0.852. The molecule has 1 aromatic heterocycles. The van der Waals surface area contributed by atoms with Gasteiger partial charge in [-0.15, -0.1) is 0 Å². The summed E-state index contributed by atoms with van der Waals surface area (Å²) in [5.74, 6) is 0.468. The van der Waals surface area contributed by atoms with Gasteiger partial charge in [0.1, 0.15) is 6.33 Å². The maximum Gasteiger partial charge on any atom is 0.214 e.